The molecule has 0 aliphatic carbocycles. The minimum atomic E-state index is -0.522. The van der Waals surface area contributed by atoms with Gasteiger partial charge in [-0.15, -0.1) is 0 Å². The molecule has 0 fully saturated rings. The quantitative estimate of drug-likeness (QED) is 0.533. The lowest BCUT2D eigenvalue weighted by molar-refractivity contribution is -0.115. The molecule has 2 aromatic rings. The standard InChI is InChI=1S/C15H18N4O4S/c1-8(24-15-18-12(16)7-13(20)19-15)14(21)17-10-6-9(22-2)4-5-11(10)23-3/h4-8H,1-3H3,(H,17,21)(H3,16,18,19,20). The Morgan fingerprint density at radius 1 is 1.33 bits per heavy atom. The number of methoxy groups -OCH3 is 2. The fraction of sp³-hybridized carbons (Fsp3) is 0.267. The van der Waals surface area contributed by atoms with Crippen molar-refractivity contribution in [1.82, 2.24) is 9.97 Å². The Balaban J connectivity index is 2.12. The van der Waals surface area contributed by atoms with E-state index in [-0.39, 0.29) is 22.4 Å². The third-order valence-electron chi connectivity index (χ3n) is 3.06. The van der Waals surface area contributed by atoms with Crippen molar-refractivity contribution < 1.29 is 14.3 Å². The Hall–Kier alpha value is -2.68. The number of anilines is 2. The van der Waals surface area contributed by atoms with Crippen LogP contribution in [0.25, 0.3) is 0 Å². The second-order valence-electron chi connectivity index (χ2n) is 4.79. The average Bonchev–Trinajstić information content (AvgIpc) is 2.53. The van der Waals surface area contributed by atoms with E-state index in [1.54, 1.807) is 25.1 Å². The van der Waals surface area contributed by atoms with Crippen LogP contribution >= 0.6 is 11.8 Å². The Kier molecular flexibility index (Phi) is 5.69. The van der Waals surface area contributed by atoms with Gasteiger partial charge in [0.2, 0.25) is 5.91 Å². The summed E-state index contributed by atoms with van der Waals surface area (Å²) in [5.74, 6) is 0.921. The molecule has 0 saturated carbocycles. The molecule has 0 spiro atoms. The molecule has 1 unspecified atom stereocenters. The highest BCUT2D eigenvalue weighted by Gasteiger charge is 2.18. The number of carbonyl (C=O) groups excluding carboxylic acids is 1. The summed E-state index contributed by atoms with van der Waals surface area (Å²) in [7, 11) is 3.05. The van der Waals surface area contributed by atoms with Crippen LogP contribution in [-0.2, 0) is 4.79 Å². The molecule has 1 aromatic carbocycles. The summed E-state index contributed by atoms with van der Waals surface area (Å²) in [5.41, 5.74) is 5.65. The predicted molar refractivity (Wildman–Crippen MR) is 92.8 cm³/mol. The molecule has 8 nitrogen and oxygen atoms in total. The molecule has 0 aliphatic heterocycles. The molecule has 24 heavy (non-hydrogen) atoms. The van der Waals surface area contributed by atoms with E-state index in [1.807, 2.05) is 0 Å². The first-order valence-corrected chi connectivity index (χ1v) is 7.87. The monoisotopic (exact) mass is 350 g/mol. The Labute approximate surface area is 142 Å². The second-order valence-corrected chi connectivity index (χ2v) is 6.12. The first-order valence-electron chi connectivity index (χ1n) is 6.99. The number of nitrogen functional groups attached to an aromatic ring is 1. The number of amides is 1. The van der Waals surface area contributed by atoms with Crippen molar-refractivity contribution in [2.45, 2.75) is 17.3 Å². The Morgan fingerprint density at radius 3 is 2.71 bits per heavy atom. The van der Waals surface area contributed by atoms with Crippen molar-refractivity contribution in [3.63, 3.8) is 0 Å². The third kappa shape index (κ3) is 4.42. The number of nitrogens with two attached hydrogens (primary N) is 1. The van der Waals surface area contributed by atoms with Crippen molar-refractivity contribution in [1.29, 1.82) is 0 Å². The number of benzene rings is 1. The van der Waals surface area contributed by atoms with E-state index in [1.165, 1.54) is 20.3 Å². The molecule has 9 heteroatoms. The van der Waals surface area contributed by atoms with Gasteiger partial charge in [0.1, 0.15) is 17.3 Å². The molecule has 128 valence electrons. The number of thioether (sulfide) groups is 1. The zero-order valence-electron chi connectivity index (χ0n) is 13.5. The molecule has 0 aliphatic rings. The van der Waals surface area contributed by atoms with Crippen molar-refractivity contribution in [3.8, 4) is 11.5 Å². The number of nitrogens with zero attached hydrogens (tertiary/aromatic N) is 1. The van der Waals surface area contributed by atoms with Crippen LogP contribution in [0.1, 0.15) is 6.92 Å². The zero-order valence-corrected chi connectivity index (χ0v) is 14.3. The minimum Gasteiger partial charge on any atom is -0.497 e. The van der Waals surface area contributed by atoms with Gasteiger partial charge < -0.3 is 25.5 Å². The number of ether oxygens (including phenoxy) is 2. The number of hydrogen-bond acceptors (Lipinski definition) is 7. The van der Waals surface area contributed by atoms with Gasteiger partial charge in [0, 0.05) is 12.1 Å². The molecule has 4 N–H and O–H groups in total. The number of H-pyrrole nitrogens is 1. The van der Waals surface area contributed by atoms with Crippen molar-refractivity contribution in [3.05, 3.63) is 34.6 Å². The lowest BCUT2D eigenvalue weighted by Crippen LogP contribution is -2.23. The second kappa shape index (κ2) is 7.73. The summed E-state index contributed by atoms with van der Waals surface area (Å²) >= 11 is 1.09. The molecular formula is C15H18N4O4S. The molecule has 1 atom stereocenters. The van der Waals surface area contributed by atoms with Crippen LogP contribution in [0.4, 0.5) is 11.5 Å². The number of carbonyl (C=O) groups is 1. The van der Waals surface area contributed by atoms with Crippen LogP contribution in [-0.4, -0.2) is 35.3 Å². The van der Waals surface area contributed by atoms with E-state index < -0.39 is 5.25 Å². The van der Waals surface area contributed by atoms with Crippen LogP contribution in [0.2, 0.25) is 0 Å². The molecule has 0 saturated heterocycles. The van der Waals surface area contributed by atoms with Gasteiger partial charge in [-0.05, 0) is 19.1 Å². The highest BCUT2D eigenvalue weighted by atomic mass is 32.2. The number of nitrogens with one attached hydrogen (secondary N) is 2. The van der Waals surface area contributed by atoms with Gasteiger partial charge in [-0.3, -0.25) is 9.59 Å². The van der Waals surface area contributed by atoms with Crippen LogP contribution in [0.3, 0.4) is 0 Å². The molecule has 0 bridgehead atoms. The first-order chi connectivity index (χ1) is 11.4. The number of hydrogen-bond donors (Lipinski definition) is 3. The largest absolute Gasteiger partial charge is 0.497 e. The van der Waals surface area contributed by atoms with Crippen LogP contribution in [0.5, 0.6) is 11.5 Å². The summed E-state index contributed by atoms with van der Waals surface area (Å²) in [6.07, 6.45) is 0. The van der Waals surface area contributed by atoms with E-state index in [4.69, 9.17) is 15.2 Å². The smallest absolute Gasteiger partial charge is 0.253 e. The molecular weight excluding hydrogens is 332 g/mol. The SMILES string of the molecule is COc1ccc(OC)c(NC(=O)C(C)Sc2nc(N)cc(=O)[nH]2)c1. The van der Waals surface area contributed by atoms with Gasteiger partial charge in [-0.25, -0.2) is 4.98 Å². The number of aromatic amines is 1. The lowest BCUT2D eigenvalue weighted by atomic mass is 10.2. The fourth-order valence-electron chi connectivity index (χ4n) is 1.88. The molecule has 2 rings (SSSR count). The van der Waals surface area contributed by atoms with E-state index in [0.717, 1.165) is 11.8 Å². The molecule has 1 heterocycles. The maximum atomic E-state index is 12.4. The third-order valence-corrected chi connectivity index (χ3v) is 4.05. The van der Waals surface area contributed by atoms with E-state index in [0.29, 0.717) is 17.2 Å². The zero-order chi connectivity index (χ0) is 17.7. The summed E-state index contributed by atoms with van der Waals surface area (Å²) in [4.78, 5) is 30.3. The first kappa shape index (κ1) is 17.7. The van der Waals surface area contributed by atoms with E-state index in [9.17, 15) is 9.59 Å². The highest BCUT2D eigenvalue weighted by Crippen LogP contribution is 2.30. The van der Waals surface area contributed by atoms with Crippen molar-refractivity contribution >= 4 is 29.2 Å². The van der Waals surface area contributed by atoms with Crippen LogP contribution in [0, 0.1) is 0 Å². The molecule has 1 amide bonds. The number of aromatic nitrogens is 2. The van der Waals surface area contributed by atoms with Gasteiger partial charge in [-0.2, -0.15) is 0 Å². The number of rotatable bonds is 6. The summed E-state index contributed by atoms with van der Waals surface area (Å²) in [5, 5.41) is 2.53. The Bertz CT molecular complexity index is 793. The predicted octanol–water partition coefficient (Wildman–Crippen LogP) is 1.49. The van der Waals surface area contributed by atoms with Gasteiger partial charge >= 0.3 is 0 Å². The normalized spacial score (nSPS) is 11.6. The molecule has 0 radical (unpaired) electrons. The highest BCUT2D eigenvalue weighted by molar-refractivity contribution is 8.00. The van der Waals surface area contributed by atoms with Crippen LogP contribution in [0.15, 0.2) is 34.2 Å². The minimum absolute atomic E-state index is 0.100. The lowest BCUT2D eigenvalue weighted by Gasteiger charge is -2.14. The summed E-state index contributed by atoms with van der Waals surface area (Å²) < 4.78 is 10.4. The van der Waals surface area contributed by atoms with Crippen molar-refractivity contribution in [2.24, 2.45) is 0 Å². The van der Waals surface area contributed by atoms with Gasteiger partial charge in [-0.1, -0.05) is 11.8 Å². The van der Waals surface area contributed by atoms with Gasteiger partial charge in [0.15, 0.2) is 5.16 Å². The fourth-order valence-corrected chi connectivity index (χ4v) is 2.69. The Morgan fingerprint density at radius 2 is 2.08 bits per heavy atom. The topological polar surface area (TPSA) is 119 Å². The van der Waals surface area contributed by atoms with Gasteiger partial charge in [0.25, 0.3) is 5.56 Å². The van der Waals surface area contributed by atoms with E-state index in [2.05, 4.69) is 15.3 Å². The van der Waals surface area contributed by atoms with Crippen molar-refractivity contribution in [2.75, 3.05) is 25.3 Å². The average molecular weight is 350 g/mol. The maximum absolute atomic E-state index is 12.4. The molecule has 1 aromatic heterocycles. The van der Waals surface area contributed by atoms with Crippen LogP contribution < -0.4 is 26.1 Å². The summed E-state index contributed by atoms with van der Waals surface area (Å²) in [6, 6.07) is 6.27. The maximum Gasteiger partial charge on any atom is 0.253 e. The summed E-state index contributed by atoms with van der Waals surface area (Å²) in [6.45, 7) is 1.69. The van der Waals surface area contributed by atoms with Gasteiger partial charge in [0.05, 0.1) is 25.2 Å². The van der Waals surface area contributed by atoms with E-state index >= 15 is 0 Å².